The first-order valence-electron chi connectivity index (χ1n) is 8.12. The first-order chi connectivity index (χ1) is 11.4. The summed E-state index contributed by atoms with van der Waals surface area (Å²) < 4.78 is 1.86. The molecule has 4 rings (SSSR count). The molecule has 6 nitrogen and oxygen atoms in total. The zero-order valence-electron chi connectivity index (χ0n) is 13.0. The van der Waals surface area contributed by atoms with Gasteiger partial charge in [0, 0.05) is 12.2 Å². The number of nitrogens with zero attached hydrogens (tertiary/aromatic N) is 4. The maximum absolute atomic E-state index is 4.69. The van der Waals surface area contributed by atoms with E-state index in [2.05, 4.69) is 20.6 Å². The molecule has 1 aliphatic carbocycles. The van der Waals surface area contributed by atoms with Crippen molar-refractivity contribution in [3.8, 4) is 5.69 Å². The standard InChI is InChI=1S/C17H20N6/c1-2-6-13(7-3-1)23-14(11-19-22-23)10-18-12-17-20-15-8-4-5-9-16(15)21-17/h1-3,6-7,11,18H,4-5,8-10,12H2,(H,20,21). The van der Waals surface area contributed by atoms with Gasteiger partial charge in [-0.2, -0.15) is 0 Å². The van der Waals surface area contributed by atoms with Gasteiger partial charge in [-0.1, -0.05) is 23.4 Å². The van der Waals surface area contributed by atoms with Crippen LogP contribution in [-0.2, 0) is 25.9 Å². The molecule has 0 bridgehead atoms. The van der Waals surface area contributed by atoms with Crippen molar-refractivity contribution < 1.29 is 0 Å². The van der Waals surface area contributed by atoms with E-state index in [0.717, 1.165) is 36.6 Å². The van der Waals surface area contributed by atoms with Gasteiger partial charge < -0.3 is 10.3 Å². The van der Waals surface area contributed by atoms with Crippen LogP contribution in [0.2, 0.25) is 0 Å². The van der Waals surface area contributed by atoms with Crippen molar-refractivity contribution in [3.63, 3.8) is 0 Å². The zero-order valence-corrected chi connectivity index (χ0v) is 13.0. The average molecular weight is 308 g/mol. The van der Waals surface area contributed by atoms with Gasteiger partial charge in [-0.25, -0.2) is 9.67 Å². The van der Waals surface area contributed by atoms with Crippen LogP contribution in [0.15, 0.2) is 36.5 Å². The highest BCUT2D eigenvalue weighted by Gasteiger charge is 2.14. The molecule has 6 heteroatoms. The third-order valence-electron chi connectivity index (χ3n) is 4.22. The third-order valence-corrected chi connectivity index (χ3v) is 4.22. The summed E-state index contributed by atoms with van der Waals surface area (Å²) in [6, 6.07) is 10.1. The number of imidazole rings is 1. The van der Waals surface area contributed by atoms with E-state index in [4.69, 9.17) is 4.98 Å². The van der Waals surface area contributed by atoms with Crippen molar-refractivity contribution in [2.75, 3.05) is 0 Å². The molecule has 0 atom stereocenters. The van der Waals surface area contributed by atoms with Crippen LogP contribution in [0.1, 0.15) is 35.7 Å². The van der Waals surface area contributed by atoms with Crippen LogP contribution < -0.4 is 5.32 Å². The number of H-pyrrole nitrogens is 1. The molecule has 0 radical (unpaired) electrons. The third kappa shape index (κ3) is 3.03. The number of aryl methyl sites for hydroxylation is 2. The fourth-order valence-corrected chi connectivity index (χ4v) is 3.07. The summed E-state index contributed by atoms with van der Waals surface area (Å²) in [7, 11) is 0. The lowest BCUT2D eigenvalue weighted by Crippen LogP contribution is -2.16. The van der Waals surface area contributed by atoms with Gasteiger partial charge in [0.05, 0.1) is 29.8 Å². The molecule has 2 heterocycles. The Morgan fingerprint density at radius 1 is 1.09 bits per heavy atom. The van der Waals surface area contributed by atoms with Crippen molar-refractivity contribution in [2.45, 2.75) is 38.8 Å². The Labute approximate surface area is 135 Å². The minimum Gasteiger partial charge on any atom is -0.345 e. The van der Waals surface area contributed by atoms with Crippen molar-refractivity contribution in [1.29, 1.82) is 0 Å². The maximum atomic E-state index is 4.69. The summed E-state index contributed by atoms with van der Waals surface area (Å²) in [4.78, 5) is 8.14. The Bertz CT molecular complexity index is 750. The van der Waals surface area contributed by atoms with E-state index < -0.39 is 0 Å². The van der Waals surface area contributed by atoms with E-state index >= 15 is 0 Å². The predicted octanol–water partition coefficient (Wildman–Crippen LogP) is 2.16. The summed E-state index contributed by atoms with van der Waals surface area (Å²) in [5, 5.41) is 11.6. The minimum atomic E-state index is 0.702. The maximum Gasteiger partial charge on any atom is 0.120 e. The number of rotatable bonds is 5. The smallest absolute Gasteiger partial charge is 0.120 e. The molecule has 0 amide bonds. The van der Waals surface area contributed by atoms with Crippen LogP contribution in [0.25, 0.3) is 5.69 Å². The lowest BCUT2D eigenvalue weighted by atomic mass is 10.0. The van der Waals surface area contributed by atoms with E-state index in [0.29, 0.717) is 6.54 Å². The van der Waals surface area contributed by atoms with Crippen LogP contribution in [0, 0.1) is 0 Å². The molecule has 0 spiro atoms. The summed E-state index contributed by atoms with van der Waals surface area (Å²) in [5.41, 5.74) is 4.64. The number of aromatic amines is 1. The second-order valence-electron chi connectivity index (χ2n) is 5.89. The highest BCUT2D eigenvalue weighted by atomic mass is 15.4. The predicted molar refractivity (Wildman–Crippen MR) is 87.1 cm³/mol. The Kier molecular flexibility index (Phi) is 3.90. The zero-order chi connectivity index (χ0) is 15.5. The molecule has 0 unspecified atom stereocenters. The molecule has 0 aliphatic heterocycles. The fraction of sp³-hybridized carbons (Fsp3) is 0.353. The van der Waals surface area contributed by atoms with Crippen LogP contribution >= 0.6 is 0 Å². The van der Waals surface area contributed by atoms with E-state index in [-0.39, 0.29) is 0 Å². The summed E-state index contributed by atoms with van der Waals surface area (Å²) in [6.45, 7) is 1.43. The molecule has 2 N–H and O–H groups in total. The van der Waals surface area contributed by atoms with E-state index in [1.165, 1.54) is 24.2 Å². The second-order valence-corrected chi connectivity index (χ2v) is 5.89. The van der Waals surface area contributed by atoms with Crippen LogP contribution in [0.4, 0.5) is 0 Å². The minimum absolute atomic E-state index is 0.702. The van der Waals surface area contributed by atoms with Gasteiger partial charge in [0.15, 0.2) is 0 Å². The van der Waals surface area contributed by atoms with Crippen LogP contribution in [0.5, 0.6) is 0 Å². The van der Waals surface area contributed by atoms with Gasteiger partial charge in [0.2, 0.25) is 0 Å². The average Bonchev–Trinajstić information content (AvgIpc) is 3.22. The molecule has 0 fully saturated rings. The van der Waals surface area contributed by atoms with E-state index in [9.17, 15) is 0 Å². The van der Waals surface area contributed by atoms with Crippen molar-refractivity contribution in [3.05, 3.63) is 59.4 Å². The monoisotopic (exact) mass is 308 g/mol. The lowest BCUT2D eigenvalue weighted by Gasteiger charge is -2.07. The Morgan fingerprint density at radius 2 is 1.96 bits per heavy atom. The van der Waals surface area contributed by atoms with Gasteiger partial charge in [-0.3, -0.25) is 0 Å². The molecule has 118 valence electrons. The van der Waals surface area contributed by atoms with Crippen molar-refractivity contribution in [1.82, 2.24) is 30.3 Å². The number of hydrogen-bond donors (Lipinski definition) is 2. The Hall–Kier alpha value is -2.47. The molecule has 1 aliphatic rings. The van der Waals surface area contributed by atoms with Crippen molar-refractivity contribution in [2.24, 2.45) is 0 Å². The molecular weight excluding hydrogens is 288 g/mol. The first-order valence-corrected chi connectivity index (χ1v) is 8.12. The fourth-order valence-electron chi connectivity index (χ4n) is 3.07. The van der Waals surface area contributed by atoms with Crippen LogP contribution in [-0.4, -0.2) is 25.0 Å². The lowest BCUT2D eigenvalue weighted by molar-refractivity contribution is 0.633. The number of para-hydroxylation sites is 1. The SMILES string of the molecule is c1ccc(-n2nncc2CNCc2nc3c([nH]2)CCCC3)cc1. The highest BCUT2D eigenvalue weighted by Crippen LogP contribution is 2.18. The Balaban J connectivity index is 1.40. The van der Waals surface area contributed by atoms with Crippen LogP contribution in [0.3, 0.4) is 0 Å². The molecule has 0 saturated heterocycles. The second kappa shape index (κ2) is 6.34. The number of benzene rings is 1. The summed E-state index contributed by atoms with van der Waals surface area (Å²) >= 11 is 0. The summed E-state index contributed by atoms with van der Waals surface area (Å²) in [5.74, 6) is 1.02. The van der Waals surface area contributed by atoms with Crippen molar-refractivity contribution >= 4 is 0 Å². The number of nitrogens with one attached hydrogen (secondary N) is 2. The number of hydrogen-bond acceptors (Lipinski definition) is 4. The molecule has 3 aromatic rings. The highest BCUT2D eigenvalue weighted by molar-refractivity contribution is 5.31. The normalized spacial score (nSPS) is 13.9. The van der Waals surface area contributed by atoms with E-state index in [1.807, 2.05) is 35.0 Å². The van der Waals surface area contributed by atoms with Gasteiger partial charge >= 0.3 is 0 Å². The summed E-state index contributed by atoms with van der Waals surface area (Å²) in [6.07, 6.45) is 6.56. The topological polar surface area (TPSA) is 71.4 Å². The molecular formula is C17H20N6. The Morgan fingerprint density at radius 3 is 2.83 bits per heavy atom. The molecule has 23 heavy (non-hydrogen) atoms. The molecule has 1 aromatic carbocycles. The molecule has 0 saturated carbocycles. The van der Waals surface area contributed by atoms with Gasteiger partial charge in [-0.15, -0.1) is 5.10 Å². The van der Waals surface area contributed by atoms with Gasteiger partial charge in [-0.05, 0) is 37.8 Å². The van der Waals surface area contributed by atoms with Gasteiger partial charge in [0.25, 0.3) is 0 Å². The molecule has 2 aromatic heterocycles. The number of fused-ring (bicyclic) bond motifs is 1. The first kappa shape index (κ1) is 14.1. The van der Waals surface area contributed by atoms with Gasteiger partial charge in [0.1, 0.15) is 5.82 Å². The quantitative estimate of drug-likeness (QED) is 0.757. The van der Waals surface area contributed by atoms with E-state index in [1.54, 1.807) is 6.20 Å². The number of aromatic nitrogens is 5. The largest absolute Gasteiger partial charge is 0.345 e.